The van der Waals surface area contributed by atoms with Crippen LogP contribution in [0.1, 0.15) is 50.5 Å². The van der Waals surface area contributed by atoms with E-state index in [2.05, 4.69) is 5.43 Å². The number of hydrazine groups is 1. The van der Waals surface area contributed by atoms with Crippen molar-refractivity contribution < 1.29 is 28.6 Å². The van der Waals surface area contributed by atoms with Gasteiger partial charge < -0.3 is 14.2 Å². The molecule has 202 valence electrons. The molecule has 2 aromatic carbocycles. The standard InChI is InChI=1S/C29H35N3O6/c1-20(2)32(30-27(34)21-10-9-11-23(18-21)37-17-16-36-6)26(33)15-14-22-19-31(28(35)38-29(3,4)5)25-13-8-7-12-24(22)25/h7-15,18-20H,16-17H2,1-6H3,(H,30,34)/b15-14+. The van der Waals surface area contributed by atoms with Crippen molar-refractivity contribution in [2.75, 3.05) is 20.3 Å². The second-order valence-electron chi connectivity index (χ2n) is 9.90. The molecule has 1 aromatic heterocycles. The number of fused-ring (bicyclic) bond motifs is 1. The Labute approximate surface area is 222 Å². The van der Waals surface area contributed by atoms with E-state index in [1.165, 1.54) is 15.7 Å². The number of ether oxygens (including phenoxy) is 3. The Hall–Kier alpha value is -4.11. The minimum absolute atomic E-state index is 0.319. The van der Waals surface area contributed by atoms with Crippen molar-refractivity contribution in [3.8, 4) is 5.75 Å². The molecule has 0 spiro atoms. The number of amides is 2. The largest absolute Gasteiger partial charge is 0.491 e. The van der Waals surface area contributed by atoms with Crippen LogP contribution in [-0.2, 0) is 14.3 Å². The minimum Gasteiger partial charge on any atom is -0.491 e. The van der Waals surface area contributed by atoms with Gasteiger partial charge in [0.15, 0.2) is 0 Å². The molecule has 0 bridgehead atoms. The number of rotatable bonds is 8. The van der Waals surface area contributed by atoms with Gasteiger partial charge in [0.1, 0.15) is 18.0 Å². The highest BCUT2D eigenvalue weighted by Crippen LogP contribution is 2.24. The van der Waals surface area contributed by atoms with E-state index in [1.54, 1.807) is 78.3 Å². The van der Waals surface area contributed by atoms with Gasteiger partial charge in [0.2, 0.25) is 0 Å². The van der Waals surface area contributed by atoms with E-state index in [0.29, 0.717) is 35.6 Å². The van der Waals surface area contributed by atoms with E-state index in [-0.39, 0.29) is 6.04 Å². The highest BCUT2D eigenvalue weighted by atomic mass is 16.6. The molecule has 9 nitrogen and oxygen atoms in total. The van der Waals surface area contributed by atoms with E-state index in [1.807, 2.05) is 24.3 Å². The molecular formula is C29H35N3O6. The molecule has 9 heteroatoms. The van der Waals surface area contributed by atoms with E-state index >= 15 is 0 Å². The number of nitrogens with zero attached hydrogens (tertiary/aromatic N) is 2. The molecule has 0 fully saturated rings. The van der Waals surface area contributed by atoms with Gasteiger partial charge >= 0.3 is 6.09 Å². The predicted molar refractivity (Wildman–Crippen MR) is 146 cm³/mol. The van der Waals surface area contributed by atoms with Crippen molar-refractivity contribution in [2.45, 2.75) is 46.3 Å². The number of para-hydroxylation sites is 1. The smallest absolute Gasteiger partial charge is 0.419 e. The van der Waals surface area contributed by atoms with Crippen LogP contribution >= 0.6 is 0 Å². The van der Waals surface area contributed by atoms with Gasteiger partial charge in [-0.05, 0) is 65.0 Å². The van der Waals surface area contributed by atoms with Gasteiger partial charge in [0.05, 0.1) is 12.1 Å². The Morgan fingerprint density at radius 3 is 2.47 bits per heavy atom. The Morgan fingerprint density at radius 2 is 1.79 bits per heavy atom. The average Bonchev–Trinajstić information content (AvgIpc) is 3.24. The van der Waals surface area contributed by atoms with Gasteiger partial charge in [-0.25, -0.2) is 9.80 Å². The molecule has 0 aliphatic heterocycles. The third kappa shape index (κ3) is 7.45. The van der Waals surface area contributed by atoms with Crippen molar-refractivity contribution in [1.29, 1.82) is 0 Å². The van der Waals surface area contributed by atoms with Crippen LogP contribution in [0.3, 0.4) is 0 Å². The molecular weight excluding hydrogens is 486 g/mol. The van der Waals surface area contributed by atoms with Gasteiger partial charge in [-0.3, -0.25) is 19.6 Å². The molecule has 1 heterocycles. The normalized spacial score (nSPS) is 11.7. The molecule has 2 amide bonds. The van der Waals surface area contributed by atoms with Crippen LogP contribution in [0.25, 0.3) is 17.0 Å². The first-order valence-corrected chi connectivity index (χ1v) is 12.4. The van der Waals surface area contributed by atoms with E-state index in [4.69, 9.17) is 14.2 Å². The van der Waals surface area contributed by atoms with Crippen molar-refractivity contribution in [2.24, 2.45) is 0 Å². The summed E-state index contributed by atoms with van der Waals surface area (Å²) in [7, 11) is 1.58. The first kappa shape index (κ1) is 28.5. The summed E-state index contributed by atoms with van der Waals surface area (Å²) in [6.07, 6.45) is 4.11. The maximum absolute atomic E-state index is 13.1. The summed E-state index contributed by atoms with van der Waals surface area (Å²) >= 11 is 0. The van der Waals surface area contributed by atoms with Crippen molar-refractivity contribution in [3.63, 3.8) is 0 Å². The Morgan fingerprint density at radius 1 is 1.05 bits per heavy atom. The van der Waals surface area contributed by atoms with Crippen molar-refractivity contribution in [3.05, 3.63) is 71.9 Å². The molecule has 0 unspecified atom stereocenters. The number of carbonyl (C=O) groups is 3. The minimum atomic E-state index is -0.653. The number of hydrogen-bond donors (Lipinski definition) is 1. The lowest BCUT2D eigenvalue weighted by molar-refractivity contribution is -0.130. The van der Waals surface area contributed by atoms with Crippen molar-refractivity contribution in [1.82, 2.24) is 15.0 Å². The Kier molecular flexibility index (Phi) is 9.30. The van der Waals surface area contributed by atoms with Crippen LogP contribution < -0.4 is 10.2 Å². The molecule has 0 saturated carbocycles. The summed E-state index contributed by atoms with van der Waals surface area (Å²) in [5.74, 6) is -0.340. The second kappa shape index (κ2) is 12.4. The zero-order valence-electron chi connectivity index (χ0n) is 22.7. The third-order valence-corrected chi connectivity index (χ3v) is 5.37. The number of hydrogen-bond acceptors (Lipinski definition) is 6. The van der Waals surface area contributed by atoms with Crippen LogP contribution in [0, 0.1) is 0 Å². The number of benzene rings is 2. The van der Waals surface area contributed by atoms with Crippen molar-refractivity contribution >= 4 is 34.9 Å². The first-order chi connectivity index (χ1) is 18.0. The van der Waals surface area contributed by atoms with Crippen LogP contribution in [-0.4, -0.2) is 59.5 Å². The molecule has 0 aliphatic carbocycles. The molecule has 0 atom stereocenters. The number of aromatic nitrogens is 1. The SMILES string of the molecule is COCCOc1cccc(C(=O)NN(C(=O)/C=C/c2cn(C(=O)OC(C)(C)C)c3ccccc23)C(C)C)c1. The van der Waals surface area contributed by atoms with E-state index in [0.717, 1.165) is 5.39 Å². The summed E-state index contributed by atoms with van der Waals surface area (Å²) in [6.45, 7) is 9.78. The molecule has 38 heavy (non-hydrogen) atoms. The number of carbonyl (C=O) groups excluding carboxylic acids is 3. The Bertz CT molecular complexity index is 1320. The fourth-order valence-electron chi connectivity index (χ4n) is 3.62. The maximum atomic E-state index is 13.1. The van der Waals surface area contributed by atoms with Gasteiger partial charge in [0, 0.05) is 41.9 Å². The monoisotopic (exact) mass is 521 g/mol. The average molecular weight is 522 g/mol. The van der Waals surface area contributed by atoms with Gasteiger partial charge in [-0.1, -0.05) is 24.3 Å². The second-order valence-corrected chi connectivity index (χ2v) is 9.90. The van der Waals surface area contributed by atoms with E-state index in [9.17, 15) is 14.4 Å². The number of methoxy groups -OCH3 is 1. The van der Waals surface area contributed by atoms with E-state index < -0.39 is 23.5 Å². The van der Waals surface area contributed by atoms with Crippen LogP contribution in [0.5, 0.6) is 5.75 Å². The first-order valence-electron chi connectivity index (χ1n) is 12.4. The van der Waals surface area contributed by atoms with Gasteiger partial charge in [-0.15, -0.1) is 0 Å². The lowest BCUT2D eigenvalue weighted by Gasteiger charge is -2.26. The fraction of sp³-hybridized carbons (Fsp3) is 0.345. The molecule has 0 radical (unpaired) electrons. The fourth-order valence-corrected chi connectivity index (χ4v) is 3.62. The molecule has 0 aliphatic rings. The highest BCUT2D eigenvalue weighted by Gasteiger charge is 2.21. The van der Waals surface area contributed by atoms with Crippen LogP contribution in [0.4, 0.5) is 4.79 Å². The molecule has 0 saturated heterocycles. The van der Waals surface area contributed by atoms with Gasteiger partial charge in [0.25, 0.3) is 11.8 Å². The summed E-state index contributed by atoms with van der Waals surface area (Å²) in [4.78, 5) is 38.8. The topological polar surface area (TPSA) is 99.1 Å². The summed E-state index contributed by atoms with van der Waals surface area (Å²) in [5.41, 5.74) is 3.71. The lowest BCUT2D eigenvalue weighted by atomic mass is 10.1. The summed E-state index contributed by atoms with van der Waals surface area (Å²) in [6, 6.07) is 13.7. The van der Waals surface area contributed by atoms with Crippen LogP contribution in [0.15, 0.2) is 60.8 Å². The highest BCUT2D eigenvalue weighted by molar-refractivity contribution is 6.01. The summed E-state index contributed by atoms with van der Waals surface area (Å²) in [5, 5.41) is 2.04. The van der Waals surface area contributed by atoms with Gasteiger partial charge in [-0.2, -0.15) is 0 Å². The molecule has 1 N–H and O–H groups in total. The summed E-state index contributed by atoms with van der Waals surface area (Å²) < 4.78 is 17.5. The lowest BCUT2D eigenvalue weighted by Crippen LogP contribution is -2.49. The number of nitrogens with one attached hydrogen (secondary N) is 1. The molecule has 3 rings (SSSR count). The molecule has 3 aromatic rings. The predicted octanol–water partition coefficient (Wildman–Crippen LogP) is 5.04. The van der Waals surface area contributed by atoms with Crippen LogP contribution in [0.2, 0.25) is 0 Å². The Balaban J connectivity index is 1.79. The zero-order valence-corrected chi connectivity index (χ0v) is 22.7. The third-order valence-electron chi connectivity index (χ3n) is 5.37. The zero-order chi connectivity index (χ0) is 27.9. The quantitative estimate of drug-likeness (QED) is 0.253. The maximum Gasteiger partial charge on any atom is 0.419 e.